The van der Waals surface area contributed by atoms with E-state index < -0.39 is 16.1 Å². The van der Waals surface area contributed by atoms with Crippen molar-refractivity contribution >= 4 is 20.8 Å². The minimum atomic E-state index is -3.84. The molecule has 0 radical (unpaired) electrons. The molecule has 4 rings (SSSR count). The molecule has 3 nitrogen and oxygen atoms in total. The number of benzene rings is 4. The number of nitrogens with zero attached hydrogens (tertiary/aromatic N) is 1. The molecule has 0 amide bonds. The third-order valence-electron chi connectivity index (χ3n) is 5.34. The molecule has 154 valence electrons. The number of sulfonamides is 1. The Morgan fingerprint density at radius 3 is 2.16 bits per heavy atom. The summed E-state index contributed by atoms with van der Waals surface area (Å²) in [5.41, 5.74) is 2.64. The average Bonchev–Trinajstić information content (AvgIpc) is 2.80. The minimum absolute atomic E-state index is 0.179. The predicted octanol–water partition coefficient (Wildman–Crippen LogP) is 5.71. The van der Waals surface area contributed by atoms with E-state index in [0.717, 1.165) is 27.5 Å². The number of hydrogen-bond acceptors (Lipinski definition) is 2. The summed E-state index contributed by atoms with van der Waals surface area (Å²) in [5.74, 6) is 2.74. The second-order valence-electron chi connectivity index (χ2n) is 7.52. The fourth-order valence-corrected chi connectivity index (χ4v) is 5.18. The summed E-state index contributed by atoms with van der Waals surface area (Å²) in [6.45, 7) is 2.11. The van der Waals surface area contributed by atoms with Crippen molar-refractivity contribution in [1.29, 1.82) is 0 Å². The van der Waals surface area contributed by atoms with Crippen LogP contribution in [0, 0.1) is 19.3 Å². The van der Waals surface area contributed by atoms with Crippen molar-refractivity contribution in [1.82, 2.24) is 4.31 Å². The summed E-state index contributed by atoms with van der Waals surface area (Å²) in [6.07, 6.45) is 5.95. The Bertz CT molecular complexity index is 1340. The molecule has 0 bridgehead atoms. The van der Waals surface area contributed by atoms with Crippen LogP contribution in [0.1, 0.15) is 22.7 Å². The minimum Gasteiger partial charge on any atom is -0.207 e. The van der Waals surface area contributed by atoms with E-state index in [1.807, 2.05) is 79.7 Å². The molecule has 0 aliphatic heterocycles. The van der Waals surface area contributed by atoms with Crippen molar-refractivity contribution < 1.29 is 8.42 Å². The van der Waals surface area contributed by atoms with Gasteiger partial charge in [-0.05, 0) is 47.0 Å². The highest BCUT2D eigenvalue weighted by atomic mass is 32.2. The van der Waals surface area contributed by atoms with Gasteiger partial charge in [0.15, 0.2) is 0 Å². The van der Waals surface area contributed by atoms with E-state index >= 15 is 0 Å². The van der Waals surface area contributed by atoms with Crippen LogP contribution in [0.3, 0.4) is 0 Å². The Hall–Kier alpha value is -3.39. The molecule has 0 aromatic heterocycles. The SMILES string of the molecule is C#CC(c1ccc2ccccc2c1)N(Cc1ccccc1)S(=O)(=O)c1ccc(C)cc1. The zero-order valence-electron chi connectivity index (χ0n) is 17.3. The van der Waals surface area contributed by atoms with Crippen molar-refractivity contribution in [3.05, 3.63) is 114 Å². The van der Waals surface area contributed by atoms with Gasteiger partial charge in [0.05, 0.1) is 4.90 Å². The van der Waals surface area contributed by atoms with Crippen LogP contribution >= 0.6 is 0 Å². The summed E-state index contributed by atoms with van der Waals surface area (Å²) in [4.78, 5) is 0.232. The van der Waals surface area contributed by atoms with Gasteiger partial charge in [-0.3, -0.25) is 0 Å². The summed E-state index contributed by atoms with van der Waals surface area (Å²) < 4.78 is 28.8. The Labute approximate surface area is 184 Å². The Morgan fingerprint density at radius 1 is 0.839 bits per heavy atom. The maximum absolute atomic E-state index is 13.7. The topological polar surface area (TPSA) is 37.4 Å². The van der Waals surface area contributed by atoms with Crippen LogP contribution in [0.4, 0.5) is 0 Å². The number of hydrogen-bond donors (Lipinski definition) is 0. The van der Waals surface area contributed by atoms with E-state index in [2.05, 4.69) is 5.92 Å². The number of terminal acetylenes is 1. The molecule has 0 heterocycles. The molecule has 0 N–H and O–H groups in total. The molecule has 0 aliphatic carbocycles. The van der Waals surface area contributed by atoms with E-state index in [1.165, 1.54) is 4.31 Å². The van der Waals surface area contributed by atoms with Crippen LogP contribution in [0.25, 0.3) is 10.8 Å². The molecule has 1 atom stereocenters. The molecule has 4 heteroatoms. The summed E-state index contributed by atoms with van der Waals surface area (Å²) in [5, 5.41) is 2.10. The lowest BCUT2D eigenvalue weighted by molar-refractivity contribution is 0.369. The van der Waals surface area contributed by atoms with Gasteiger partial charge in [0.1, 0.15) is 6.04 Å². The van der Waals surface area contributed by atoms with Crippen molar-refractivity contribution in [3.63, 3.8) is 0 Å². The van der Waals surface area contributed by atoms with Crippen LogP contribution < -0.4 is 0 Å². The van der Waals surface area contributed by atoms with E-state index in [-0.39, 0.29) is 11.4 Å². The monoisotopic (exact) mass is 425 g/mol. The van der Waals surface area contributed by atoms with Gasteiger partial charge in [-0.2, -0.15) is 4.31 Å². The summed E-state index contributed by atoms with van der Waals surface area (Å²) in [6, 6.07) is 29.5. The maximum Gasteiger partial charge on any atom is 0.244 e. The van der Waals surface area contributed by atoms with Crippen molar-refractivity contribution in [2.75, 3.05) is 0 Å². The van der Waals surface area contributed by atoms with E-state index in [9.17, 15) is 8.42 Å². The van der Waals surface area contributed by atoms with Gasteiger partial charge in [-0.25, -0.2) is 8.42 Å². The van der Waals surface area contributed by atoms with Gasteiger partial charge in [0, 0.05) is 6.54 Å². The lowest BCUT2D eigenvalue weighted by Gasteiger charge is -2.28. The molecular weight excluding hydrogens is 402 g/mol. The maximum atomic E-state index is 13.7. The molecule has 0 aliphatic rings. The smallest absolute Gasteiger partial charge is 0.207 e. The zero-order valence-corrected chi connectivity index (χ0v) is 18.1. The highest BCUT2D eigenvalue weighted by molar-refractivity contribution is 7.89. The molecule has 1 unspecified atom stereocenters. The highest BCUT2D eigenvalue weighted by Crippen LogP contribution is 2.31. The molecule has 0 saturated heterocycles. The number of aryl methyl sites for hydroxylation is 1. The largest absolute Gasteiger partial charge is 0.244 e. The third kappa shape index (κ3) is 4.39. The summed E-state index contributed by atoms with van der Waals surface area (Å²) in [7, 11) is -3.84. The highest BCUT2D eigenvalue weighted by Gasteiger charge is 2.32. The zero-order chi connectivity index (χ0) is 21.8. The quantitative estimate of drug-likeness (QED) is 0.371. The first-order valence-electron chi connectivity index (χ1n) is 10.1. The van der Waals surface area contributed by atoms with Gasteiger partial charge in [0.25, 0.3) is 0 Å². The first-order chi connectivity index (χ1) is 15.0. The van der Waals surface area contributed by atoms with E-state index in [0.29, 0.717) is 0 Å². The van der Waals surface area contributed by atoms with Gasteiger partial charge in [0.2, 0.25) is 10.0 Å². The first kappa shape index (κ1) is 20.9. The van der Waals surface area contributed by atoms with Gasteiger partial charge >= 0.3 is 0 Å². The predicted molar refractivity (Wildman–Crippen MR) is 126 cm³/mol. The van der Waals surface area contributed by atoms with E-state index in [4.69, 9.17) is 6.42 Å². The van der Waals surface area contributed by atoms with Gasteiger partial charge in [-0.1, -0.05) is 90.3 Å². The first-order valence-corrected chi connectivity index (χ1v) is 11.5. The molecular formula is C27H23NO2S. The van der Waals surface area contributed by atoms with Crippen molar-refractivity contribution in [3.8, 4) is 12.3 Å². The van der Waals surface area contributed by atoms with Crippen LogP contribution in [0.15, 0.2) is 102 Å². The molecule has 31 heavy (non-hydrogen) atoms. The lowest BCUT2D eigenvalue weighted by atomic mass is 10.0. The lowest BCUT2D eigenvalue weighted by Crippen LogP contribution is -2.34. The number of rotatable bonds is 6. The van der Waals surface area contributed by atoms with Gasteiger partial charge in [-0.15, -0.1) is 6.42 Å². The fraction of sp³-hybridized carbons (Fsp3) is 0.111. The second-order valence-corrected chi connectivity index (χ2v) is 9.42. The fourth-order valence-electron chi connectivity index (χ4n) is 3.65. The Balaban J connectivity index is 1.83. The van der Waals surface area contributed by atoms with Gasteiger partial charge < -0.3 is 0 Å². The van der Waals surface area contributed by atoms with Crippen LogP contribution in [-0.2, 0) is 16.6 Å². The van der Waals surface area contributed by atoms with E-state index in [1.54, 1.807) is 24.3 Å². The summed E-state index contributed by atoms with van der Waals surface area (Å²) >= 11 is 0. The normalized spacial score (nSPS) is 12.5. The van der Waals surface area contributed by atoms with Crippen LogP contribution in [0.2, 0.25) is 0 Å². The van der Waals surface area contributed by atoms with Crippen molar-refractivity contribution in [2.45, 2.75) is 24.4 Å². The Morgan fingerprint density at radius 2 is 1.48 bits per heavy atom. The molecule has 4 aromatic rings. The molecule has 0 spiro atoms. The number of fused-ring (bicyclic) bond motifs is 1. The van der Waals surface area contributed by atoms with Crippen LogP contribution in [-0.4, -0.2) is 12.7 Å². The standard InChI is InChI=1S/C27H23NO2S/c1-3-27(25-16-15-23-11-7-8-12-24(23)19-25)28(20-22-9-5-4-6-10-22)31(29,30)26-17-13-21(2)14-18-26/h1,4-19,27H,20H2,2H3. The molecule has 0 saturated carbocycles. The average molecular weight is 426 g/mol. The van der Waals surface area contributed by atoms with Crippen LogP contribution in [0.5, 0.6) is 0 Å². The molecule has 0 fully saturated rings. The third-order valence-corrected chi connectivity index (χ3v) is 7.17. The van der Waals surface area contributed by atoms with Crippen molar-refractivity contribution in [2.24, 2.45) is 0 Å². The Kier molecular flexibility index (Phi) is 5.90. The molecule has 4 aromatic carbocycles. The second kappa shape index (κ2) is 8.77.